The summed E-state index contributed by atoms with van der Waals surface area (Å²) in [6.07, 6.45) is 2.46. The smallest absolute Gasteiger partial charge is 0.310 e. The second kappa shape index (κ2) is 4.03. The fourth-order valence-corrected chi connectivity index (χ4v) is 2.41. The van der Waals surface area contributed by atoms with Gasteiger partial charge < -0.3 is 5.11 Å². The van der Waals surface area contributed by atoms with Crippen molar-refractivity contribution in [3.05, 3.63) is 33.3 Å². The molecule has 1 N–H and O–H groups in total. The van der Waals surface area contributed by atoms with Crippen LogP contribution in [0.5, 0.6) is 0 Å². The number of benzene rings is 1. The van der Waals surface area contributed by atoms with Gasteiger partial charge in [-0.2, -0.15) is 0 Å². The Kier molecular flexibility index (Phi) is 2.89. The fourth-order valence-electron chi connectivity index (χ4n) is 2.05. The number of hydrogen-bond acceptors (Lipinski definition) is 1. The average Bonchev–Trinajstić information content (AvgIpc) is 2.18. The zero-order chi connectivity index (χ0) is 11.0. The highest BCUT2D eigenvalue weighted by Crippen LogP contribution is 2.36. The van der Waals surface area contributed by atoms with E-state index in [1.165, 1.54) is 0 Å². The maximum absolute atomic E-state index is 11.0. The quantitative estimate of drug-likeness (QED) is 0.822. The largest absolute Gasteiger partial charge is 0.481 e. The van der Waals surface area contributed by atoms with Crippen molar-refractivity contribution in [1.29, 1.82) is 0 Å². The van der Waals surface area contributed by atoms with Gasteiger partial charge in [0.1, 0.15) is 0 Å². The molecule has 0 saturated heterocycles. The first-order valence-electron chi connectivity index (χ1n) is 4.80. The molecule has 2 nitrogen and oxygen atoms in total. The van der Waals surface area contributed by atoms with Gasteiger partial charge in [-0.25, -0.2) is 0 Å². The van der Waals surface area contributed by atoms with E-state index in [9.17, 15) is 4.79 Å². The number of hydrogen-bond donors (Lipinski definition) is 1. The molecule has 0 amide bonds. The van der Waals surface area contributed by atoms with E-state index in [1.54, 1.807) is 12.1 Å². The van der Waals surface area contributed by atoms with Gasteiger partial charge in [0.05, 0.1) is 16.0 Å². The molecule has 15 heavy (non-hydrogen) atoms. The van der Waals surface area contributed by atoms with Crippen molar-refractivity contribution in [1.82, 2.24) is 0 Å². The standard InChI is InChI=1S/C11H10Cl2O2/c12-9-4-6-2-1-3-7(11(14)15)8(6)5-10(9)13/h4-5,7H,1-3H2,(H,14,15). The number of aryl methyl sites for hydroxylation is 1. The average molecular weight is 245 g/mol. The summed E-state index contributed by atoms with van der Waals surface area (Å²) in [7, 11) is 0. The van der Waals surface area contributed by atoms with E-state index in [1.807, 2.05) is 0 Å². The highest BCUT2D eigenvalue weighted by atomic mass is 35.5. The van der Waals surface area contributed by atoms with Crippen LogP contribution in [-0.2, 0) is 11.2 Å². The van der Waals surface area contributed by atoms with Crippen molar-refractivity contribution in [2.75, 3.05) is 0 Å². The molecule has 0 aromatic heterocycles. The second-order valence-corrected chi connectivity index (χ2v) is 4.56. The molecule has 0 fully saturated rings. The number of carboxylic acid groups (broad SMARTS) is 1. The first kappa shape index (κ1) is 10.8. The van der Waals surface area contributed by atoms with Crippen LogP contribution in [0.1, 0.15) is 29.9 Å². The number of fused-ring (bicyclic) bond motifs is 1. The lowest BCUT2D eigenvalue weighted by Gasteiger charge is -2.22. The highest BCUT2D eigenvalue weighted by molar-refractivity contribution is 6.42. The fraction of sp³-hybridized carbons (Fsp3) is 0.364. The van der Waals surface area contributed by atoms with Gasteiger partial charge in [-0.15, -0.1) is 0 Å². The molecular weight excluding hydrogens is 235 g/mol. The van der Waals surface area contributed by atoms with E-state index in [0.717, 1.165) is 24.0 Å². The molecule has 1 aliphatic rings. The number of aliphatic carboxylic acids is 1. The van der Waals surface area contributed by atoms with Crippen LogP contribution in [0.2, 0.25) is 10.0 Å². The minimum Gasteiger partial charge on any atom is -0.481 e. The molecule has 0 aliphatic heterocycles. The maximum atomic E-state index is 11.0. The molecule has 1 unspecified atom stereocenters. The zero-order valence-corrected chi connectivity index (χ0v) is 9.48. The van der Waals surface area contributed by atoms with Crippen LogP contribution in [0.3, 0.4) is 0 Å². The lowest BCUT2D eigenvalue weighted by molar-refractivity contribution is -0.139. The first-order chi connectivity index (χ1) is 7.09. The summed E-state index contributed by atoms with van der Waals surface area (Å²) in [5, 5.41) is 10.0. The molecule has 0 heterocycles. The van der Waals surface area contributed by atoms with E-state index in [-0.39, 0.29) is 0 Å². The Balaban J connectivity index is 2.51. The van der Waals surface area contributed by atoms with Crippen LogP contribution in [0.25, 0.3) is 0 Å². The minimum absolute atomic E-state index is 0.427. The SMILES string of the molecule is O=C(O)C1CCCc2cc(Cl)c(Cl)cc21. The number of halogens is 2. The molecule has 0 radical (unpaired) electrons. The summed E-state index contributed by atoms with van der Waals surface area (Å²) >= 11 is 11.8. The van der Waals surface area contributed by atoms with Gasteiger partial charge in [-0.3, -0.25) is 4.79 Å². The summed E-state index contributed by atoms with van der Waals surface area (Å²) in [5.74, 6) is -1.21. The van der Waals surface area contributed by atoms with Crippen LogP contribution in [0.15, 0.2) is 12.1 Å². The van der Waals surface area contributed by atoms with Gasteiger partial charge in [0.2, 0.25) is 0 Å². The third kappa shape index (κ3) is 1.97. The second-order valence-electron chi connectivity index (χ2n) is 3.75. The maximum Gasteiger partial charge on any atom is 0.310 e. The lowest BCUT2D eigenvalue weighted by atomic mass is 9.83. The van der Waals surface area contributed by atoms with Crippen LogP contribution in [-0.4, -0.2) is 11.1 Å². The number of rotatable bonds is 1. The van der Waals surface area contributed by atoms with Crippen LogP contribution < -0.4 is 0 Å². The van der Waals surface area contributed by atoms with Crippen molar-refractivity contribution < 1.29 is 9.90 Å². The Labute approximate surface area is 97.8 Å². The first-order valence-corrected chi connectivity index (χ1v) is 5.56. The van der Waals surface area contributed by atoms with Crippen LogP contribution in [0, 0.1) is 0 Å². The van der Waals surface area contributed by atoms with E-state index >= 15 is 0 Å². The van der Waals surface area contributed by atoms with Crippen LogP contribution >= 0.6 is 23.2 Å². The summed E-state index contributed by atoms with van der Waals surface area (Å²) in [5.41, 5.74) is 1.84. The van der Waals surface area contributed by atoms with Gasteiger partial charge in [0, 0.05) is 0 Å². The van der Waals surface area contributed by atoms with Gasteiger partial charge >= 0.3 is 5.97 Å². The summed E-state index contributed by atoms with van der Waals surface area (Å²) in [6.45, 7) is 0. The van der Waals surface area contributed by atoms with Gasteiger partial charge in [-0.05, 0) is 42.5 Å². The normalized spacial score (nSPS) is 19.7. The summed E-state index contributed by atoms with van der Waals surface area (Å²) in [6, 6.07) is 3.48. The Morgan fingerprint density at radius 1 is 1.33 bits per heavy atom. The highest BCUT2D eigenvalue weighted by Gasteiger charge is 2.26. The van der Waals surface area contributed by atoms with Crippen molar-refractivity contribution in [3.63, 3.8) is 0 Å². The molecule has 2 rings (SSSR count). The molecule has 1 aromatic rings. The predicted octanol–water partition coefficient (Wildman–Crippen LogP) is 3.50. The minimum atomic E-state index is -0.783. The van der Waals surface area contributed by atoms with Crippen molar-refractivity contribution in [3.8, 4) is 0 Å². The topological polar surface area (TPSA) is 37.3 Å². The van der Waals surface area contributed by atoms with Gasteiger partial charge in [-0.1, -0.05) is 23.2 Å². The Morgan fingerprint density at radius 3 is 2.67 bits per heavy atom. The van der Waals surface area contributed by atoms with Crippen molar-refractivity contribution in [2.45, 2.75) is 25.2 Å². The van der Waals surface area contributed by atoms with Crippen LogP contribution in [0.4, 0.5) is 0 Å². The molecule has 80 valence electrons. The molecule has 0 saturated carbocycles. The molecular formula is C11H10Cl2O2. The Bertz CT molecular complexity index is 415. The number of carbonyl (C=O) groups is 1. The Hall–Kier alpha value is -0.730. The molecule has 1 aliphatic carbocycles. The summed E-state index contributed by atoms with van der Waals surface area (Å²) < 4.78 is 0. The number of carboxylic acids is 1. The molecule has 0 bridgehead atoms. The zero-order valence-electron chi connectivity index (χ0n) is 7.96. The molecule has 0 spiro atoms. The van der Waals surface area contributed by atoms with E-state index in [2.05, 4.69) is 0 Å². The van der Waals surface area contributed by atoms with E-state index in [0.29, 0.717) is 16.5 Å². The van der Waals surface area contributed by atoms with Crippen molar-refractivity contribution >= 4 is 29.2 Å². The molecule has 1 atom stereocenters. The van der Waals surface area contributed by atoms with E-state index < -0.39 is 11.9 Å². The third-order valence-corrected chi connectivity index (χ3v) is 3.52. The summed E-state index contributed by atoms with van der Waals surface area (Å²) in [4.78, 5) is 11.0. The lowest BCUT2D eigenvalue weighted by Crippen LogP contribution is -2.17. The predicted molar refractivity (Wildman–Crippen MR) is 59.8 cm³/mol. The molecule has 4 heteroatoms. The Morgan fingerprint density at radius 2 is 2.00 bits per heavy atom. The molecule has 1 aromatic carbocycles. The van der Waals surface area contributed by atoms with Gasteiger partial charge in [0.25, 0.3) is 0 Å². The van der Waals surface area contributed by atoms with E-state index in [4.69, 9.17) is 28.3 Å². The third-order valence-electron chi connectivity index (χ3n) is 2.79. The monoisotopic (exact) mass is 244 g/mol. The van der Waals surface area contributed by atoms with Gasteiger partial charge in [0.15, 0.2) is 0 Å². The van der Waals surface area contributed by atoms with Crippen molar-refractivity contribution in [2.24, 2.45) is 0 Å².